The van der Waals surface area contributed by atoms with Gasteiger partial charge in [0, 0.05) is 19.3 Å². The van der Waals surface area contributed by atoms with Gasteiger partial charge in [-0.05, 0) is 42.3 Å². The molecule has 24 heavy (non-hydrogen) atoms. The number of sulfonamides is 1. The van der Waals surface area contributed by atoms with Gasteiger partial charge in [0.05, 0.1) is 10.9 Å². The molecule has 130 valence electrons. The number of thiophene rings is 1. The largest absolute Gasteiger partial charge is 0.326 e. The average molecular weight is 388 g/mol. The molecule has 0 saturated carbocycles. The first-order chi connectivity index (χ1) is 11.2. The molecule has 6 nitrogen and oxygen atoms in total. The van der Waals surface area contributed by atoms with Gasteiger partial charge in [-0.3, -0.25) is 4.79 Å². The van der Waals surface area contributed by atoms with Crippen molar-refractivity contribution < 1.29 is 13.2 Å². The Hall–Kier alpha value is -1.45. The number of amides is 1. The second-order valence-electron chi connectivity index (χ2n) is 5.28. The minimum absolute atomic E-state index is 0.101. The monoisotopic (exact) mass is 387 g/mol. The maximum absolute atomic E-state index is 12.4. The molecule has 1 aromatic carbocycles. The molecule has 0 fully saturated rings. The zero-order chi connectivity index (χ0) is 17.9. The molecule has 9 heteroatoms. The Balaban J connectivity index is 2.08. The van der Waals surface area contributed by atoms with Gasteiger partial charge in [0.1, 0.15) is 4.21 Å². The van der Waals surface area contributed by atoms with Gasteiger partial charge in [-0.2, -0.15) is 4.31 Å². The third-order valence-electron chi connectivity index (χ3n) is 3.24. The van der Waals surface area contributed by atoms with Crippen LogP contribution in [0.25, 0.3) is 0 Å². The quantitative estimate of drug-likeness (QED) is 0.796. The predicted octanol–water partition coefficient (Wildman–Crippen LogP) is 2.43. The van der Waals surface area contributed by atoms with E-state index in [1.165, 1.54) is 19.2 Å². The molecular formula is C15H18ClN3O3S2. The molecule has 2 rings (SSSR count). The van der Waals surface area contributed by atoms with Crippen LogP contribution in [0, 0.1) is 6.92 Å². The summed E-state index contributed by atoms with van der Waals surface area (Å²) < 4.78 is 26.2. The van der Waals surface area contributed by atoms with E-state index < -0.39 is 15.9 Å². The molecule has 2 aromatic rings. The first kappa shape index (κ1) is 18.9. The van der Waals surface area contributed by atoms with E-state index in [0.29, 0.717) is 16.6 Å². The second kappa shape index (κ2) is 7.62. The first-order valence-electron chi connectivity index (χ1n) is 7.04. The van der Waals surface area contributed by atoms with E-state index in [-0.39, 0.29) is 10.8 Å². The number of carbonyl (C=O) groups excluding carboxylic acids is 1. The van der Waals surface area contributed by atoms with Crippen LogP contribution in [-0.2, 0) is 21.4 Å². The van der Waals surface area contributed by atoms with Gasteiger partial charge in [0.2, 0.25) is 5.91 Å². The highest BCUT2D eigenvalue weighted by atomic mass is 35.5. The van der Waals surface area contributed by atoms with Crippen LogP contribution in [0.15, 0.2) is 34.5 Å². The van der Waals surface area contributed by atoms with Crippen LogP contribution in [0.2, 0.25) is 4.34 Å². The summed E-state index contributed by atoms with van der Waals surface area (Å²) in [5, 5.41) is 2.69. The number of halogens is 1. The van der Waals surface area contributed by atoms with Crippen molar-refractivity contribution in [2.45, 2.75) is 17.7 Å². The molecule has 0 unspecified atom stereocenters. The normalized spacial score (nSPS) is 11.7. The number of aryl methyl sites for hydroxylation is 1. The number of hydrogen-bond donors (Lipinski definition) is 2. The summed E-state index contributed by atoms with van der Waals surface area (Å²) in [5.74, 6) is -0.433. The number of nitrogens with two attached hydrogens (primary N) is 1. The number of benzene rings is 1. The smallest absolute Gasteiger partial charge is 0.252 e. The van der Waals surface area contributed by atoms with Crippen molar-refractivity contribution in [2.24, 2.45) is 5.73 Å². The third kappa shape index (κ3) is 4.55. The van der Waals surface area contributed by atoms with Crippen molar-refractivity contribution in [2.75, 3.05) is 18.9 Å². The lowest BCUT2D eigenvalue weighted by molar-refractivity contribution is -0.116. The van der Waals surface area contributed by atoms with E-state index in [2.05, 4.69) is 5.32 Å². The van der Waals surface area contributed by atoms with Gasteiger partial charge in [0.15, 0.2) is 0 Å². The van der Waals surface area contributed by atoms with E-state index in [4.69, 9.17) is 17.3 Å². The van der Waals surface area contributed by atoms with Gasteiger partial charge in [-0.15, -0.1) is 11.3 Å². The van der Waals surface area contributed by atoms with Gasteiger partial charge >= 0.3 is 0 Å². The maximum atomic E-state index is 12.4. The van der Waals surface area contributed by atoms with Crippen LogP contribution >= 0.6 is 22.9 Å². The minimum atomic E-state index is -3.74. The lowest BCUT2D eigenvalue weighted by Crippen LogP contribution is -2.34. The lowest BCUT2D eigenvalue weighted by Gasteiger charge is -2.16. The summed E-state index contributed by atoms with van der Waals surface area (Å²) >= 11 is 6.72. The van der Waals surface area contributed by atoms with Crippen molar-refractivity contribution in [3.8, 4) is 0 Å². The van der Waals surface area contributed by atoms with Crippen LogP contribution in [0.5, 0.6) is 0 Å². The zero-order valence-electron chi connectivity index (χ0n) is 13.2. The maximum Gasteiger partial charge on any atom is 0.252 e. The van der Waals surface area contributed by atoms with Crippen molar-refractivity contribution in [3.63, 3.8) is 0 Å². The SMILES string of the molecule is Cc1cc(CN)cc(NC(=O)CN(C)S(=O)(=O)c2ccc(Cl)s2)c1. The lowest BCUT2D eigenvalue weighted by atomic mass is 10.1. The summed E-state index contributed by atoms with van der Waals surface area (Å²) in [6.45, 7) is 1.95. The molecular weight excluding hydrogens is 370 g/mol. The predicted molar refractivity (Wildman–Crippen MR) is 96.8 cm³/mol. The fourth-order valence-electron chi connectivity index (χ4n) is 2.13. The number of carbonyl (C=O) groups is 1. The summed E-state index contributed by atoms with van der Waals surface area (Å²) in [6.07, 6.45) is 0. The molecule has 0 atom stereocenters. The third-order valence-corrected chi connectivity index (χ3v) is 6.74. The van der Waals surface area contributed by atoms with Crippen LogP contribution in [0.1, 0.15) is 11.1 Å². The molecule has 0 spiro atoms. The Morgan fingerprint density at radius 2 is 2.04 bits per heavy atom. The average Bonchev–Trinajstić information content (AvgIpc) is 2.93. The minimum Gasteiger partial charge on any atom is -0.326 e. The molecule has 0 saturated heterocycles. The summed E-state index contributed by atoms with van der Waals surface area (Å²) in [7, 11) is -2.39. The standard InChI is InChI=1S/C15H18ClN3O3S2/c1-10-5-11(8-17)7-12(6-10)18-14(20)9-19(2)24(21,22)15-4-3-13(16)23-15/h3-7H,8-9,17H2,1-2H3,(H,18,20). The van der Waals surface area contributed by atoms with Crippen molar-refractivity contribution in [1.82, 2.24) is 4.31 Å². The molecule has 1 amide bonds. The summed E-state index contributed by atoms with van der Waals surface area (Å²) in [6, 6.07) is 8.41. The van der Waals surface area contributed by atoms with Crippen molar-refractivity contribution >= 4 is 44.6 Å². The van der Waals surface area contributed by atoms with Gasteiger partial charge in [-0.25, -0.2) is 8.42 Å². The van der Waals surface area contributed by atoms with Crippen LogP contribution in [0.4, 0.5) is 5.69 Å². The first-order valence-corrected chi connectivity index (χ1v) is 9.68. The number of hydrogen-bond acceptors (Lipinski definition) is 5. The van der Waals surface area contributed by atoms with Gasteiger partial charge in [-0.1, -0.05) is 17.7 Å². The number of anilines is 1. The molecule has 0 aliphatic carbocycles. The highest BCUT2D eigenvalue weighted by Gasteiger charge is 2.24. The van der Waals surface area contributed by atoms with Crippen LogP contribution in [0.3, 0.4) is 0 Å². The zero-order valence-corrected chi connectivity index (χ0v) is 15.6. The van der Waals surface area contributed by atoms with Gasteiger partial charge < -0.3 is 11.1 Å². The van der Waals surface area contributed by atoms with Crippen molar-refractivity contribution in [1.29, 1.82) is 0 Å². The molecule has 3 N–H and O–H groups in total. The van der Waals surface area contributed by atoms with E-state index in [0.717, 1.165) is 26.8 Å². The Morgan fingerprint density at radius 3 is 2.62 bits per heavy atom. The topological polar surface area (TPSA) is 92.5 Å². The number of likely N-dealkylation sites (N-methyl/N-ethyl adjacent to an activating group) is 1. The van der Waals surface area contributed by atoms with E-state index in [9.17, 15) is 13.2 Å². The Morgan fingerprint density at radius 1 is 1.33 bits per heavy atom. The fourth-order valence-corrected chi connectivity index (χ4v) is 4.95. The highest BCUT2D eigenvalue weighted by Crippen LogP contribution is 2.27. The molecule has 0 radical (unpaired) electrons. The highest BCUT2D eigenvalue weighted by molar-refractivity contribution is 7.91. The van der Waals surface area contributed by atoms with E-state index in [1.807, 2.05) is 13.0 Å². The Labute approximate surface area is 150 Å². The van der Waals surface area contributed by atoms with Gasteiger partial charge in [0.25, 0.3) is 10.0 Å². The Kier molecular flexibility index (Phi) is 6.00. The molecule has 0 bridgehead atoms. The Bertz CT molecular complexity index is 849. The number of rotatable bonds is 6. The summed E-state index contributed by atoms with van der Waals surface area (Å²) in [5.41, 5.74) is 8.05. The summed E-state index contributed by atoms with van der Waals surface area (Å²) in [4.78, 5) is 12.1. The number of nitrogens with one attached hydrogen (secondary N) is 1. The molecule has 0 aliphatic heterocycles. The fraction of sp³-hybridized carbons (Fsp3) is 0.267. The van der Waals surface area contributed by atoms with E-state index >= 15 is 0 Å². The number of nitrogens with zero attached hydrogens (tertiary/aromatic N) is 1. The molecule has 1 aromatic heterocycles. The molecule has 0 aliphatic rings. The van der Waals surface area contributed by atoms with E-state index in [1.54, 1.807) is 12.1 Å². The second-order valence-corrected chi connectivity index (χ2v) is 9.27. The molecule has 1 heterocycles. The van der Waals surface area contributed by atoms with Crippen LogP contribution in [-0.4, -0.2) is 32.2 Å². The van der Waals surface area contributed by atoms with Crippen LogP contribution < -0.4 is 11.1 Å². The van der Waals surface area contributed by atoms with Crippen molar-refractivity contribution in [3.05, 3.63) is 45.8 Å².